The van der Waals surface area contributed by atoms with E-state index in [1.807, 2.05) is 39.8 Å². The minimum absolute atomic E-state index is 0.102. The molecule has 4 nitrogen and oxygen atoms in total. The molecule has 0 unspecified atom stereocenters. The molecule has 0 radical (unpaired) electrons. The number of carbonyl (C=O) groups is 1. The second kappa shape index (κ2) is 5.71. The highest BCUT2D eigenvalue weighted by atomic mass is 16.7. The maximum Gasteiger partial charge on any atom is 0.496 e. The van der Waals surface area contributed by atoms with E-state index in [1.165, 1.54) is 12.5 Å². The second-order valence-corrected chi connectivity index (χ2v) is 7.27. The summed E-state index contributed by atoms with van der Waals surface area (Å²) in [7, 11) is -0.481. The Morgan fingerprint density at radius 3 is 2.14 bits per heavy atom. The first-order valence-corrected chi connectivity index (χ1v) is 7.80. The lowest BCUT2D eigenvalue weighted by atomic mass is 9.76. The minimum Gasteiger partial charge on any atom is -0.399 e. The zero-order valence-corrected chi connectivity index (χ0v) is 14.6. The monoisotopic (exact) mass is 303 g/mol. The van der Waals surface area contributed by atoms with Crippen LogP contribution in [0, 0.1) is 0 Å². The molecule has 1 heterocycles. The van der Waals surface area contributed by atoms with E-state index in [4.69, 9.17) is 9.31 Å². The molecule has 1 N–H and O–H groups in total. The summed E-state index contributed by atoms with van der Waals surface area (Å²) in [5, 5.41) is 2.87. The summed E-state index contributed by atoms with van der Waals surface area (Å²) in [4.78, 5) is 11.5. The summed E-state index contributed by atoms with van der Waals surface area (Å²) >= 11 is 0. The fourth-order valence-electron chi connectivity index (χ4n) is 2.41. The topological polar surface area (TPSA) is 47.6 Å². The van der Waals surface area contributed by atoms with E-state index in [1.54, 1.807) is 0 Å². The quantitative estimate of drug-likeness (QED) is 0.873. The Hall–Kier alpha value is -1.33. The molecule has 0 aromatic heterocycles. The summed E-state index contributed by atoms with van der Waals surface area (Å²) in [6, 6.07) is 6.03. The summed E-state index contributed by atoms with van der Waals surface area (Å²) in [6.07, 6.45) is 0. The molecular formula is C17H26BNO3. The Kier molecular flexibility index (Phi) is 4.42. The third-order valence-corrected chi connectivity index (χ3v) is 4.56. The van der Waals surface area contributed by atoms with E-state index in [9.17, 15) is 4.79 Å². The Bertz CT molecular complexity index is 565. The van der Waals surface area contributed by atoms with Crippen LogP contribution < -0.4 is 10.8 Å². The SMILES string of the molecule is CC(=O)Nc1ccc(C(C)C)cc1B1OC(C)(C)C(C)(C)O1. The van der Waals surface area contributed by atoms with Crippen molar-refractivity contribution in [3.63, 3.8) is 0 Å². The van der Waals surface area contributed by atoms with Crippen molar-refractivity contribution in [3.8, 4) is 0 Å². The first-order valence-electron chi connectivity index (χ1n) is 7.80. The molecule has 22 heavy (non-hydrogen) atoms. The van der Waals surface area contributed by atoms with Crippen molar-refractivity contribution in [2.75, 3.05) is 5.32 Å². The Balaban J connectivity index is 2.44. The lowest BCUT2D eigenvalue weighted by molar-refractivity contribution is -0.114. The van der Waals surface area contributed by atoms with Crippen molar-refractivity contribution in [3.05, 3.63) is 23.8 Å². The zero-order valence-electron chi connectivity index (χ0n) is 14.6. The van der Waals surface area contributed by atoms with Gasteiger partial charge in [-0.3, -0.25) is 4.79 Å². The van der Waals surface area contributed by atoms with Gasteiger partial charge in [-0.05, 0) is 45.2 Å². The number of hydrogen-bond acceptors (Lipinski definition) is 3. The van der Waals surface area contributed by atoms with E-state index in [0.717, 1.165) is 11.2 Å². The molecule has 0 atom stereocenters. The van der Waals surface area contributed by atoms with E-state index >= 15 is 0 Å². The first kappa shape index (κ1) is 17.0. The lowest BCUT2D eigenvalue weighted by Crippen LogP contribution is -2.41. The number of amides is 1. The first-order chi connectivity index (χ1) is 10.0. The van der Waals surface area contributed by atoms with Crippen molar-refractivity contribution in [2.24, 2.45) is 0 Å². The van der Waals surface area contributed by atoms with Gasteiger partial charge in [-0.15, -0.1) is 0 Å². The highest BCUT2D eigenvalue weighted by Crippen LogP contribution is 2.37. The summed E-state index contributed by atoms with van der Waals surface area (Å²) < 4.78 is 12.3. The molecule has 0 spiro atoms. The Morgan fingerprint density at radius 2 is 1.68 bits per heavy atom. The van der Waals surface area contributed by atoms with Crippen molar-refractivity contribution in [1.82, 2.24) is 0 Å². The molecule has 1 aliphatic rings. The third kappa shape index (κ3) is 3.20. The predicted octanol–water partition coefficient (Wildman–Crippen LogP) is 3.07. The number of hydrogen-bond donors (Lipinski definition) is 1. The van der Waals surface area contributed by atoms with Crippen molar-refractivity contribution in [2.45, 2.75) is 65.6 Å². The average Bonchev–Trinajstić information content (AvgIpc) is 2.57. The molecule has 1 aromatic carbocycles. The minimum atomic E-state index is -0.481. The van der Waals surface area contributed by atoms with Crippen LogP contribution in [0.4, 0.5) is 5.69 Å². The Morgan fingerprint density at radius 1 is 1.14 bits per heavy atom. The van der Waals surface area contributed by atoms with Gasteiger partial charge in [0.25, 0.3) is 0 Å². The van der Waals surface area contributed by atoms with E-state index in [2.05, 4.69) is 25.2 Å². The van der Waals surface area contributed by atoms with Crippen molar-refractivity contribution < 1.29 is 14.1 Å². The normalized spacial score (nSPS) is 19.5. The van der Waals surface area contributed by atoms with Crippen LogP contribution in [0.25, 0.3) is 0 Å². The van der Waals surface area contributed by atoms with Gasteiger partial charge in [0, 0.05) is 18.1 Å². The van der Waals surface area contributed by atoms with Gasteiger partial charge in [0.05, 0.1) is 11.2 Å². The zero-order chi connectivity index (χ0) is 16.7. The summed E-state index contributed by atoms with van der Waals surface area (Å²) in [6.45, 7) is 13.9. The molecule has 1 aliphatic heterocycles. The lowest BCUT2D eigenvalue weighted by Gasteiger charge is -2.32. The number of nitrogens with one attached hydrogen (secondary N) is 1. The molecule has 1 amide bonds. The van der Waals surface area contributed by atoms with Crippen LogP contribution in [-0.2, 0) is 14.1 Å². The maximum atomic E-state index is 11.5. The number of anilines is 1. The highest BCUT2D eigenvalue weighted by molar-refractivity contribution is 6.64. The van der Waals surface area contributed by atoms with Gasteiger partial charge in [-0.2, -0.15) is 0 Å². The van der Waals surface area contributed by atoms with Crippen molar-refractivity contribution in [1.29, 1.82) is 0 Å². The third-order valence-electron chi connectivity index (χ3n) is 4.56. The van der Waals surface area contributed by atoms with Gasteiger partial charge in [0.15, 0.2) is 0 Å². The summed E-state index contributed by atoms with van der Waals surface area (Å²) in [5.74, 6) is 0.294. The van der Waals surface area contributed by atoms with Crippen LogP contribution >= 0.6 is 0 Å². The fraction of sp³-hybridized carbons (Fsp3) is 0.588. The van der Waals surface area contributed by atoms with E-state index in [0.29, 0.717) is 5.92 Å². The van der Waals surface area contributed by atoms with Gasteiger partial charge >= 0.3 is 7.12 Å². The standard InChI is InChI=1S/C17H26BNO3/c1-11(2)13-8-9-15(19-12(3)20)14(10-13)18-21-16(4,5)17(6,7)22-18/h8-11H,1-7H3,(H,19,20). The molecule has 0 aliphatic carbocycles. The van der Waals surface area contributed by atoms with Crippen LogP contribution in [0.15, 0.2) is 18.2 Å². The van der Waals surface area contributed by atoms with Crippen LogP contribution in [0.1, 0.15) is 59.9 Å². The van der Waals surface area contributed by atoms with Gasteiger partial charge in [0.1, 0.15) is 0 Å². The smallest absolute Gasteiger partial charge is 0.399 e. The molecule has 1 saturated heterocycles. The average molecular weight is 303 g/mol. The number of carbonyl (C=O) groups excluding carboxylic acids is 1. The van der Waals surface area contributed by atoms with Crippen LogP contribution in [0.3, 0.4) is 0 Å². The number of benzene rings is 1. The van der Waals surface area contributed by atoms with E-state index in [-0.39, 0.29) is 5.91 Å². The fourth-order valence-corrected chi connectivity index (χ4v) is 2.41. The summed E-state index contributed by atoms with van der Waals surface area (Å²) in [5.41, 5.74) is 2.01. The van der Waals surface area contributed by atoms with Gasteiger partial charge < -0.3 is 14.6 Å². The predicted molar refractivity (Wildman–Crippen MR) is 90.6 cm³/mol. The van der Waals surface area contributed by atoms with Crippen molar-refractivity contribution >= 4 is 24.2 Å². The van der Waals surface area contributed by atoms with Crippen LogP contribution in [0.5, 0.6) is 0 Å². The Labute approximate surface area is 133 Å². The molecule has 0 saturated carbocycles. The van der Waals surface area contributed by atoms with Gasteiger partial charge in [0.2, 0.25) is 5.91 Å². The largest absolute Gasteiger partial charge is 0.496 e. The van der Waals surface area contributed by atoms with Gasteiger partial charge in [-0.1, -0.05) is 26.0 Å². The molecule has 1 fully saturated rings. The second-order valence-electron chi connectivity index (χ2n) is 7.27. The molecule has 2 rings (SSSR count). The van der Waals surface area contributed by atoms with Crippen LogP contribution in [-0.4, -0.2) is 24.2 Å². The van der Waals surface area contributed by atoms with Gasteiger partial charge in [-0.25, -0.2) is 0 Å². The maximum absolute atomic E-state index is 11.5. The number of rotatable bonds is 3. The molecule has 5 heteroatoms. The van der Waals surface area contributed by atoms with Crippen LogP contribution in [0.2, 0.25) is 0 Å². The highest BCUT2D eigenvalue weighted by Gasteiger charge is 2.52. The van der Waals surface area contributed by atoms with E-state index < -0.39 is 18.3 Å². The molecule has 1 aromatic rings. The molecular weight excluding hydrogens is 277 g/mol. The molecule has 120 valence electrons. The molecule has 0 bridgehead atoms.